The fourth-order valence-electron chi connectivity index (χ4n) is 1.72. The topological polar surface area (TPSA) is 55.4 Å². The Morgan fingerprint density at radius 2 is 1.77 bits per heavy atom. The van der Waals surface area contributed by atoms with Crippen LogP contribution in [0, 0.1) is 5.82 Å². The number of halogens is 2. The molecule has 0 radical (unpaired) electrons. The maximum atomic E-state index is 13.4. The van der Waals surface area contributed by atoms with Gasteiger partial charge in [0.2, 0.25) is 0 Å². The van der Waals surface area contributed by atoms with Crippen LogP contribution in [-0.2, 0) is 16.1 Å². The molecule has 0 saturated carbocycles. The molecule has 0 aliphatic rings. The molecule has 0 spiro atoms. The molecule has 0 aliphatic heterocycles. The first-order valence-electron chi connectivity index (χ1n) is 6.49. The number of hydrogen-bond acceptors (Lipinski definition) is 3. The summed E-state index contributed by atoms with van der Waals surface area (Å²) in [6.45, 7) is -0.229. The third-order valence-electron chi connectivity index (χ3n) is 2.86. The Hall–Kier alpha value is -2.21. The zero-order valence-electron chi connectivity index (χ0n) is 11.5. The van der Waals surface area contributed by atoms with Gasteiger partial charge in [0.05, 0.1) is 5.56 Å². The van der Waals surface area contributed by atoms with Gasteiger partial charge < -0.3 is 10.1 Å². The second-order valence-electron chi connectivity index (χ2n) is 4.41. The van der Waals surface area contributed by atoms with E-state index in [4.69, 9.17) is 4.74 Å². The first-order valence-corrected chi connectivity index (χ1v) is 7.29. The Morgan fingerprint density at radius 3 is 2.50 bits per heavy atom. The van der Waals surface area contributed by atoms with Gasteiger partial charge in [0.15, 0.2) is 0 Å². The first-order chi connectivity index (χ1) is 10.6. The molecule has 2 aromatic rings. The van der Waals surface area contributed by atoms with E-state index < -0.39 is 17.7 Å². The lowest BCUT2D eigenvalue weighted by Gasteiger charge is -2.08. The lowest BCUT2D eigenvalue weighted by Crippen LogP contribution is -2.31. The molecule has 0 unspecified atom stereocenters. The number of benzene rings is 2. The Balaban J connectivity index is 1.82. The number of rotatable bonds is 5. The van der Waals surface area contributed by atoms with Crippen molar-refractivity contribution in [2.45, 2.75) is 6.61 Å². The van der Waals surface area contributed by atoms with Crippen LogP contribution >= 0.6 is 15.9 Å². The average Bonchev–Trinajstić information content (AvgIpc) is 2.52. The zero-order valence-corrected chi connectivity index (χ0v) is 13.1. The summed E-state index contributed by atoms with van der Waals surface area (Å²) in [7, 11) is 0. The van der Waals surface area contributed by atoms with E-state index in [0.29, 0.717) is 0 Å². The molecule has 2 rings (SSSR count). The summed E-state index contributed by atoms with van der Waals surface area (Å²) in [6.07, 6.45) is 0. The number of ether oxygens (including phenoxy) is 1. The van der Waals surface area contributed by atoms with Gasteiger partial charge in [0.25, 0.3) is 5.91 Å². The number of carbonyl (C=O) groups excluding carboxylic acids is 2. The first kappa shape index (κ1) is 16.2. The molecule has 1 N–H and O–H groups in total. The van der Waals surface area contributed by atoms with E-state index >= 15 is 0 Å². The molecule has 1 amide bonds. The van der Waals surface area contributed by atoms with Crippen molar-refractivity contribution in [1.29, 1.82) is 0 Å². The normalized spacial score (nSPS) is 10.1. The van der Waals surface area contributed by atoms with Crippen LogP contribution in [0.15, 0.2) is 53.0 Å². The number of nitrogens with one attached hydrogen (secondary N) is 1. The lowest BCUT2D eigenvalue weighted by atomic mass is 10.2. The maximum absolute atomic E-state index is 13.4. The minimum atomic E-state index is -0.657. The predicted molar refractivity (Wildman–Crippen MR) is 82.7 cm³/mol. The highest BCUT2D eigenvalue weighted by molar-refractivity contribution is 9.10. The second kappa shape index (κ2) is 7.70. The maximum Gasteiger partial charge on any atom is 0.325 e. The van der Waals surface area contributed by atoms with E-state index in [1.54, 1.807) is 6.07 Å². The van der Waals surface area contributed by atoms with Crippen LogP contribution in [0.5, 0.6) is 0 Å². The van der Waals surface area contributed by atoms with Gasteiger partial charge in [0.1, 0.15) is 19.0 Å². The highest BCUT2D eigenvalue weighted by Gasteiger charge is 2.12. The van der Waals surface area contributed by atoms with Gasteiger partial charge in [-0.15, -0.1) is 0 Å². The van der Waals surface area contributed by atoms with Crippen LogP contribution in [0.1, 0.15) is 15.9 Å². The van der Waals surface area contributed by atoms with Gasteiger partial charge in [-0.3, -0.25) is 9.59 Å². The summed E-state index contributed by atoms with van der Waals surface area (Å²) >= 11 is 3.34. The summed E-state index contributed by atoms with van der Waals surface area (Å²) in [5.74, 6) is -1.89. The monoisotopic (exact) mass is 365 g/mol. The fourth-order valence-corrected chi connectivity index (χ4v) is 2.12. The Kier molecular flexibility index (Phi) is 5.66. The van der Waals surface area contributed by atoms with Crippen LogP contribution in [-0.4, -0.2) is 18.4 Å². The van der Waals surface area contributed by atoms with Crippen molar-refractivity contribution in [3.05, 3.63) is 69.9 Å². The molecule has 0 aromatic heterocycles. The predicted octanol–water partition coefficient (Wildman–Crippen LogP) is 3.06. The van der Waals surface area contributed by atoms with Crippen LogP contribution < -0.4 is 5.32 Å². The van der Waals surface area contributed by atoms with E-state index in [2.05, 4.69) is 21.2 Å². The number of carbonyl (C=O) groups is 2. The van der Waals surface area contributed by atoms with Crippen molar-refractivity contribution in [3.8, 4) is 0 Å². The summed E-state index contributed by atoms with van der Waals surface area (Å²) in [5.41, 5.74) is 0.706. The van der Waals surface area contributed by atoms with Gasteiger partial charge in [-0.2, -0.15) is 0 Å². The molecule has 2 aromatic carbocycles. The SMILES string of the molecule is O=C(CNC(=O)c1ccccc1F)OCc1ccccc1Br. The second-order valence-corrected chi connectivity index (χ2v) is 5.27. The smallest absolute Gasteiger partial charge is 0.325 e. The van der Waals surface area contributed by atoms with Gasteiger partial charge in [-0.1, -0.05) is 46.3 Å². The van der Waals surface area contributed by atoms with Gasteiger partial charge >= 0.3 is 5.97 Å². The lowest BCUT2D eigenvalue weighted by molar-refractivity contribution is -0.143. The fraction of sp³-hybridized carbons (Fsp3) is 0.125. The number of esters is 1. The van der Waals surface area contributed by atoms with E-state index in [1.807, 2.05) is 24.3 Å². The van der Waals surface area contributed by atoms with Gasteiger partial charge in [-0.25, -0.2) is 4.39 Å². The van der Waals surface area contributed by atoms with E-state index in [-0.39, 0.29) is 18.7 Å². The number of amides is 1. The van der Waals surface area contributed by atoms with Crippen molar-refractivity contribution in [2.75, 3.05) is 6.54 Å². The minimum absolute atomic E-state index is 0.0931. The molecule has 22 heavy (non-hydrogen) atoms. The largest absolute Gasteiger partial charge is 0.459 e. The standard InChI is InChI=1S/C16H13BrFNO3/c17-13-7-3-1-5-11(13)10-22-15(20)9-19-16(21)12-6-2-4-8-14(12)18/h1-8H,9-10H2,(H,19,21). The molecule has 0 aliphatic carbocycles. The quantitative estimate of drug-likeness (QED) is 0.828. The molecular formula is C16H13BrFNO3. The third kappa shape index (κ3) is 4.39. The molecular weight excluding hydrogens is 353 g/mol. The van der Waals surface area contributed by atoms with Crippen molar-refractivity contribution in [2.24, 2.45) is 0 Å². The van der Waals surface area contributed by atoms with Crippen LogP contribution in [0.4, 0.5) is 4.39 Å². The highest BCUT2D eigenvalue weighted by atomic mass is 79.9. The highest BCUT2D eigenvalue weighted by Crippen LogP contribution is 2.16. The van der Waals surface area contributed by atoms with Crippen molar-refractivity contribution in [1.82, 2.24) is 5.32 Å². The Labute approximate surface area is 135 Å². The summed E-state index contributed by atoms with van der Waals surface area (Å²) < 4.78 is 19.3. The average molecular weight is 366 g/mol. The van der Waals surface area contributed by atoms with E-state index in [1.165, 1.54) is 18.2 Å². The van der Waals surface area contributed by atoms with Crippen LogP contribution in [0.3, 0.4) is 0 Å². The van der Waals surface area contributed by atoms with Crippen molar-refractivity contribution in [3.63, 3.8) is 0 Å². The van der Waals surface area contributed by atoms with E-state index in [9.17, 15) is 14.0 Å². The molecule has 0 heterocycles. The zero-order chi connectivity index (χ0) is 15.9. The minimum Gasteiger partial charge on any atom is -0.459 e. The Morgan fingerprint density at radius 1 is 1.09 bits per heavy atom. The summed E-state index contributed by atoms with van der Waals surface area (Å²) in [6, 6.07) is 12.9. The molecule has 0 bridgehead atoms. The molecule has 0 fully saturated rings. The third-order valence-corrected chi connectivity index (χ3v) is 3.63. The molecule has 4 nitrogen and oxygen atoms in total. The van der Waals surface area contributed by atoms with Crippen molar-refractivity contribution < 1.29 is 18.7 Å². The van der Waals surface area contributed by atoms with E-state index in [0.717, 1.165) is 10.0 Å². The van der Waals surface area contributed by atoms with Crippen molar-refractivity contribution >= 4 is 27.8 Å². The number of hydrogen-bond donors (Lipinski definition) is 1. The van der Waals surface area contributed by atoms with Gasteiger partial charge in [-0.05, 0) is 18.2 Å². The summed E-state index contributed by atoms with van der Waals surface area (Å²) in [4.78, 5) is 23.3. The molecule has 0 saturated heterocycles. The Bertz CT molecular complexity index is 691. The van der Waals surface area contributed by atoms with Gasteiger partial charge in [0, 0.05) is 10.0 Å². The van der Waals surface area contributed by atoms with Crippen LogP contribution in [0.25, 0.3) is 0 Å². The molecule has 6 heteroatoms. The summed E-state index contributed by atoms with van der Waals surface area (Å²) in [5, 5.41) is 2.33. The molecule has 0 atom stereocenters. The molecule has 114 valence electrons. The van der Waals surface area contributed by atoms with Crippen LogP contribution in [0.2, 0.25) is 0 Å².